The number of ether oxygens (including phenoxy) is 1. The van der Waals surface area contributed by atoms with E-state index in [9.17, 15) is 4.79 Å². The third kappa shape index (κ3) is 4.70. The standard InChI is InChI=1S/C22H16BrN3O2S/c1-14-13-17(28-22-24-11-2-12-25-22)7-8-18(14)26-21(27)20-10-9-19(29-20)15-3-5-16(23)6-4-15/h2-13H,1H3,(H,26,27). The molecular formula is C22H16BrN3O2S. The highest BCUT2D eigenvalue weighted by Gasteiger charge is 2.12. The van der Waals surface area contributed by atoms with Gasteiger partial charge in [-0.2, -0.15) is 0 Å². The van der Waals surface area contributed by atoms with Crippen molar-refractivity contribution in [2.24, 2.45) is 0 Å². The van der Waals surface area contributed by atoms with E-state index in [1.165, 1.54) is 11.3 Å². The molecule has 0 radical (unpaired) electrons. The number of anilines is 1. The number of halogens is 1. The van der Waals surface area contributed by atoms with Crippen molar-refractivity contribution < 1.29 is 9.53 Å². The number of rotatable bonds is 5. The van der Waals surface area contributed by atoms with Gasteiger partial charge in [0, 0.05) is 27.4 Å². The monoisotopic (exact) mass is 465 g/mol. The molecule has 2 aromatic carbocycles. The Labute approximate surface area is 180 Å². The van der Waals surface area contributed by atoms with Crippen LogP contribution in [0.25, 0.3) is 10.4 Å². The van der Waals surface area contributed by atoms with Gasteiger partial charge in [-0.3, -0.25) is 4.79 Å². The fourth-order valence-corrected chi connectivity index (χ4v) is 3.87. The van der Waals surface area contributed by atoms with Crippen LogP contribution in [0.4, 0.5) is 5.69 Å². The molecule has 7 heteroatoms. The zero-order chi connectivity index (χ0) is 20.2. The summed E-state index contributed by atoms with van der Waals surface area (Å²) in [7, 11) is 0. The minimum absolute atomic E-state index is 0.137. The molecule has 0 bridgehead atoms. The van der Waals surface area contributed by atoms with Gasteiger partial charge >= 0.3 is 6.01 Å². The molecule has 2 aromatic heterocycles. The topological polar surface area (TPSA) is 64.1 Å². The first kappa shape index (κ1) is 19.3. The number of amides is 1. The Balaban J connectivity index is 1.46. The third-order valence-corrected chi connectivity index (χ3v) is 5.82. The van der Waals surface area contributed by atoms with Crippen LogP contribution in [0.3, 0.4) is 0 Å². The van der Waals surface area contributed by atoms with E-state index in [4.69, 9.17) is 4.74 Å². The lowest BCUT2D eigenvalue weighted by Crippen LogP contribution is -2.11. The Morgan fingerprint density at radius 3 is 2.52 bits per heavy atom. The van der Waals surface area contributed by atoms with Gasteiger partial charge in [0.05, 0.1) is 4.88 Å². The van der Waals surface area contributed by atoms with E-state index in [-0.39, 0.29) is 11.9 Å². The van der Waals surface area contributed by atoms with Gasteiger partial charge in [0.25, 0.3) is 5.91 Å². The molecule has 1 N–H and O–H groups in total. The van der Waals surface area contributed by atoms with Gasteiger partial charge < -0.3 is 10.1 Å². The first-order valence-electron chi connectivity index (χ1n) is 8.81. The minimum Gasteiger partial charge on any atom is -0.424 e. The number of carbonyl (C=O) groups is 1. The van der Waals surface area contributed by atoms with Gasteiger partial charge in [-0.05, 0) is 66.6 Å². The number of hydrogen-bond donors (Lipinski definition) is 1. The van der Waals surface area contributed by atoms with Gasteiger partial charge in [-0.25, -0.2) is 9.97 Å². The fraction of sp³-hybridized carbons (Fsp3) is 0.0455. The molecule has 4 rings (SSSR count). The summed E-state index contributed by atoms with van der Waals surface area (Å²) in [4.78, 5) is 22.5. The predicted octanol–water partition coefficient (Wildman–Crippen LogP) is 6.32. The van der Waals surface area contributed by atoms with Crippen molar-refractivity contribution in [1.82, 2.24) is 9.97 Å². The van der Waals surface area contributed by atoms with Crippen molar-refractivity contribution in [3.8, 4) is 22.2 Å². The Hall–Kier alpha value is -3.03. The molecule has 144 valence electrons. The van der Waals surface area contributed by atoms with Gasteiger partial charge in [-0.1, -0.05) is 28.1 Å². The SMILES string of the molecule is Cc1cc(Oc2ncccn2)ccc1NC(=O)c1ccc(-c2ccc(Br)cc2)s1. The zero-order valence-electron chi connectivity index (χ0n) is 15.4. The Morgan fingerprint density at radius 2 is 1.79 bits per heavy atom. The van der Waals surface area contributed by atoms with Crippen molar-refractivity contribution >= 4 is 38.9 Å². The Bertz CT molecular complexity index is 1140. The molecule has 0 aliphatic carbocycles. The summed E-state index contributed by atoms with van der Waals surface area (Å²) in [6.07, 6.45) is 3.24. The maximum atomic E-state index is 12.7. The molecule has 0 aliphatic heterocycles. The first-order valence-corrected chi connectivity index (χ1v) is 10.4. The molecule has 5 nitrogen and oxygen atoms in total. The number of thiophene rings is 1. The molecule has 0 unspecified atom stereocenters. The van der Waals surface area contributed by atoms with Crippen molar-refractivity contribution in [3.05, 3.63) is 88.0 Å². The second kappa shape index (κ2) is 8.55. The van der Waals surface area contributed by atoms with E-state index in [1.54, 1.807) is 24.5 Å². The van der Waals surface area contributed by atoms with E-state index < -0.39 is 0 Å². The quantitative estimate of drug-likeness (QED) is 0.374. The second-order valence-corrected chi connectivity index (χ2v) is 8.23. The summed E-state index contributed by atoms with van der Waals surface area (Å²) >= 11 is 4.90. The van der Waals surface area contributed by atoms with E-state index >= 15 is 0 Å². The summed E-state index contributed by atoms with van der Waals surface area (Å²) in [6.45, 7) is 1.91. The molecule has 29 heavy (non-hydrogen) atoms. The number of aryl methyl sites for hydroxylation is 1. The highest BCUT2D eigenvalue weighted by Crippen LogP contribution is 2.30. The van der Waals surface area contributed by atoms with Crippen LogP contribution in [0.15, 0.2) is 77.5 Å². The second-order valence-electron chi connectivity index (χ2n) is 6.24. The highest BCUT2D eigenvalue weighted by molar-refractivity contribution is 9.10. The number of benzene rings is 2. The van der Waals surface area contributed by atoms with Crippen LogP contribution in [-0.4, -0.2) is 15.9 Å². The van der Waals surface area contributed by atoms with Gasteiger partial charge in [0.2, 0.25) is 0 Å². The number of hydrogen-bond acceptors (Lipinski definition) is 5. The lowest BCUT2D eigenvalue weighted by atomic mass is 10.2. The predicted molar refractivity (Wildman–Crippen MR) is 119 cm³/mol. The average Bonchev–Trinajstić information content (AvgIpc) is 3.22. The van der Waals surface area contributed by atoms with Crippen LogP contribution in [0, 0.1) is 6.92 Å². The summed E-state index contributed by atoms with van der Waals surface area (Å²) in [5, 5.41) is 2.97. The molecule has 4 aromatic rings. The number of nitrogens with one attached hydrogen (secondary N) is 1. The van der Waals surface area contributed by atoms with Crippen molar-refractivity contribution in [2.45, 2.75) is 6.92 Å². The van der Waals surface area contributed by atoms with Crippen LogP contribution in [0.2, 0.25) is 0 Å². The molecule has 1 amide bonds. The number of aromatic nitrogens is 2. The normalized spacial score (nSPS) is 10.6. The third-order valence-electron chi connectivity index (χ3n) is 4.16. The molecule has 0 saturated carbocycles. The summed E-state index contributed by atoms with van der Waals surface area (Å²) in [5.41, 5.74) is 2.70. The van der Waals surface area contributed by atoms with Gasteiger partial charge in [0.1, 0.15) is 5.75 Å². The van der Waals surface area contributed by atoms with Gasteiger partial charge in [0.15, 0.2) is 0 Å². The van der Waals surface area contributed by atoms with Crippen LogP contribution in [0.1, 0.15) is 15.2 Å². The molecule has 0 aliphatic rings. The molecule has 0 saturated heterocycles. The molecule has 0 atom stereocenters. The van der Waals surface area contributed by atoms with Crippen molar-refractivity contribution in [1.29, 1.82) is 0 Å². The minimum atomic E-state index is -0.137. The lowest BCUT2D eigenvalue weighted by molar-refractivity contribution is 0.103. The largest absolute Gasteiger partial charge is 0.424 e. The summed E-state index contributed by atoms with van der Waals surface area (Å²) < 4.78 is 6.65. The first-order chi connectivity index (χ1) is 14.1. The molecule has 0 fully saturated rings. The van der Waals surface area contributed by atoms with E-state index in [0.29, 0.717) is 10.6 Å². The van der Waals surface area contributed by atoms with Gasteiger partial charge in [-0.15, -0.1) is 11.3 Å². The maximum absolute atomic E-state index is 12.7. The number of carbonyl (C=O) groups excluding carboxylic acids is 1. The van der Waals surface area contributed by atoms with Crippen LogP contribution in [0.5, 0.6) is 11.8 Å². The summed E-state index contributed by atoms with van der Waals surface area (Å²) in [6, 6.07) is 19.3. The molecule has 2 heterocycles. The Morgan fingerprint density at radius 1 is 1.03 bits per heavy atom. The van der Waals surface area contributed by atoms with Crippen molar-refractivity contribution in [3.63, 3.8) is 0 Å². The van der Waals surface area contributed by atoms with E-state index in [2.05, 4.69) is 31.2 Å². The lowest BCUT2D eigenvalue weighted by Gasteiger charge is -2.10. The van der Waals surface area contributed by atoms with E-state index in [1.807, 2.05) is 55.5 Å². The molecular weight excluding hydrogens is 450 g/mol. The molecule has 0 spiro atoms. The average molecular weight is 466 g/mol. The van der Waals surface area contributed by atoms with Crippen LogP contribution in [-0.2, 0) is 0 Å². The Kier molecular flexibility index (Phi) is 5.69. The number of nitrogens with zero attached hydrogens (tertiary/aromatic N) is 2. The fourth-order valence-electron chi connectivity index (χ4n) is 2.70. The van der Waals surface area contributed by atoms with Crippen molar-refractivity contribution in [2.75, 3.05) is 5.32 Å². The maximum Gasteiger partial charge on any atom is 0.321 e. The van der Waals surface area contributed by atoms with Crippen LogP contribution >= 0.6 is 27.3 Å². The van der Waals surface area contributed by atoms with E-state index in [0.717, 1.165) is 26.2 Å². The smallest absolute Gasteiger partial charge is 0.321 e. The van der Waals surface area contributed by atoms with Crippen LogP contribution < -0.4 is 10.1 Å². The summed E-state index contributed by atoms with van der Waals surface area (Å²) in [5.74, 6) is 0.474. The highest BCUT2D eigenvalue weighted by atomic mass is 79.9. The zero-order valence-corrected chi connectivity index (χ0v) is 17.8.